The van der Waals surface area contributed by atoms with Gasteiger partial charge in [-0.3, -0.25) is 0 Å². The highest BCUT2D eigenvalue weighted by Crippen LogP contribution is 2.56. The maximum absolute atomic E-state index is 7.49. The van der Waals surface area contributed by atoms with Crippen LogP contribution in [0.3, 0.4) is 0 Å². The number of fused-ring (bicyclic) bond motifs is 12. The summed E-state index contributed by atoms with van der Waals surface area (Å²) in [5.41, 5.74) is 26.6. The van der Waals surface area contributed by atoms with Gasteiger partial charge in [0.25, 0.3) is 0 Å². The summed E-state index contributed by atoms with van der Waals surface area (Å²) < 4.78 is 11.2. The van der Waals surface area contributed by atoms with E-state index >= 15 is 0 Å². The van der Waals surface area contributed by atoms with Crippen LogP contribution in [-0.2, 0) is 21.7 Å². The van der Waals surface area contributed by atoms with Crippen molar-refractivity contribution in [3.63, 3.8) is 0 Å². The third-order valence-corrected chi connectivity index (χ3v) is 22.8. The Balaban J connectivity index is 0.994. The summed E-state index contributed by atoms with van der Waals surface area (Å²) in [7, 11) is 0. The van der Waals surface area contributed by atoms with E-state index in [4.69, 9.17) is 4.42 Å². The average molecular weight is 1290 g/mol. The predicted molar refractivity (Wildman–Crippen MR) is 422 cm³/mol. The number of rotatable bonds is 8. The number of thiophene rings is 2. The largest absolute Gasteiger partial charge is 0.455 e. The van der Waals surface area contributed by atoms with E-state index < -0.39 is 0 Å². The van der Waals surface area contributed by atoms with Gasteiger partial charge in [-0.25, -0.2) is 0 Å². The zero-order chi connectivity index (χ0) is 66.6. The van der Waals surface area contributed by atoms with Crippen molar-refractivity contribution in [2.75, 3.05) is 14.6 Å². The monoisotopic (exact) mass is 1290 g/mol. The van der Waals surface area contributed by atoms with Gasteiger partial charge in [0.05, 0.1) is 5.69 Å². The van der Waals surface area contributed by atoms with E-state index in [2.05, 4.69) is 352 Å². The lowest BCUT2D eigenvalue weighted by Crippen LogP contribution is -2.61. The van der Waals surface area contributed by atoms with E-state index in [9.17, 15) is 0 Å². The van der Waals surface area contributed by atoms with Crippen molar-refractivity contribution in [1.29, 1.82) is 0 Å². The summed E-state index contributed by atoms with van der Waals surface area (Å²) in [5.74, 6) is 0. The molecule has 0 N–H and O–H groups in total. The zero-order valence-electron chi connectivity index (χ0n) is 57.4. The van der Waals surface area contributed by atoms with Crippen molar-refractivity contribution in [3.8, 4) is 43.8 Å². The Kier molecular flexibility index (Phi) is 14.0. The van der Waals surface area contributed by atoms with E-state index in [1.165, 1.54) is 96.1 Å². The van der Waals surface area contributed by atoms with Gasteiger partial charge in [-0.1, -0.05) is 235 Å². The first-order valence-corrected chi connectivity index (χ1v) is 35.9. The van der Waals surface area contributed by atoms with Gasteiger partial charge >= 0.3 is 6.85 Å². The Hall–Kier alpha value is -9.92. The van der Waals surface area contributed by atoms with Crippen LogP contribution in [0.5, 0.6) is 0 Å². The Morgan fingerprint density at radius 3 is 1.49 bits per heavy atom. The van der Waals surface area contributed by atoms with Crippen molar-refractivity contribution in [1.82, 2.24) is 0 Å². The molecule has 0 spiro atoms. The molecule has 17 rings (SSSR count). The molecule has 0 unspecified atom stereocenters. The molecule has 0 radical (unpaired) electrons. The van der Waals surface area contributed by atoms with Crippen LogP contribution in [0, 0.1) is 0 Å². The minimum Gasteiger partial charge on any atom is -0.455 e. The fraction of sp³-hybridized carbons (Fsp3) is 0.178. The molecule has 0 atom stereocenters. The number of anilines is 8. The summed E-state index contributed by atoms with van der Waals surface area (Å²) in [4.78, 5) is 9.06. The highest BCUT2D eigenvalue weighted by atomic mass is 32.1. The summed E-state index contributed by atoms with van der Waals surface area (Å²) in [6, 6.07) is 96.9. The van der Waals surface area contributed by atoms with E-state index in [1.54, 1.807) is 0 Å². The molecule has 5 heterocycles. The lowest BCUT2D eigenvalue weighted by atomic mass is 9.43. The quantitative estimate of drug-likeness (QED) is 0.141. The van der Waals surface area contributed by atoms with Crippen LogP contribution in [-0.4, -0.2) is 6.85 Å². The SMILES string of the molecule is CC(C)(C)c1ccc(N2B3c4cc5sc(-c6ccccc6)c(-c6ccccc6)c5cc4N(c4ccc(C(C)(C)C)cc4-c4ccccc4)c4cc5c(oc6ccccc65)c(c43)-c3cc4c(cc32)sc2ccc(N(c3ccc(C(C)(C)C)cc3)c3ccc(C(C)(C)C)cc3)cc24)cc1. The standard InChI is InChI=1S/C90H78BN3OS2/c1-87(2,3)58-32-39-62(40-33-58)92(63-41-34-59(35-42-63)88(4,5)6)65-45-47-79-68(49-65)69-50-71-75(54-81(69)96-79)94(64-43-36-60(37-44-64)89(7,8)9)91-73-53-80-72(82(56-26-18-14-19-27-56)86(97-80)57-28-20-15-21-29-57)52-76(73)93(74-46-38-61(90(10,11)12)48-67(74)55-24-16-13-17-25-55)77-51-70-66-30-22-23-31-78(66)95-85(70)83(71)84(77)91/h13-54H,1-12H3. The molecule has 0 aliphatic carbocycles. The van der Waals surface area contributed by atoms with Gasteiger partial charge in [0, 0.05) is 108 Å². The molecule has 0 bridgehead atoms. The minimum absolute atomic E-state index is 0.0169. The van der Waals surface area contributed by atoms with Gasteiger partial charge in [-0.15, -0.1) is 22.7 Å². The van der Waals surface area contributed by atoms with Crippen molar-refractivity contribution in [3.05, 3.63) is 277 Å². The van der Waals surface area contributed by atoms with Crippen molar-refractivity contribution in [2.45, 2.75) is 105 Å². The Bertz CT molecular complexity index is 5540. The molecule has 0 amide bonds. The van der Waals surface area contributed by atoms with Crippen LogP contribution in [0.15, 0.2) is 259 Å². The summed E-state index contributed by atoms with van der Waals surface area (Å²) in [6.45, 7) is 27.4. The summed E-state index contributed by atoms with van der Waals surface area (Å²) in [5, 5.41) is 5.86. The van der Waals surface area contributed by atoms with Gasteiger partial charge in [0.2, 0.25) is 0 Å². The maximum atomic E-state index is 7.49. The van der Waals surface area contributed by atoms with Gasteiger partial charge in [-0.2, -0.15) is 0 Å². The first kappa shape index (κ1) is 60.7. The van der Waals surface area contributed by atoms with Gasteiger partial charge in [-0.05, 0) is 175 Å². The average Bonchev–Trinajstić information content (AvgIpc) is 1.67. The lowest BCUT2D eigenvalue weighted by Gasteiger charge is -2.46. The number of para-hydroxylation sites is 1. The molecule has 3 aromatic heterocycles. The first-order valence-electron chi connectivity index (χ1n) is 34.2. The van der Waals surface area contributed by atoms with E-state index in [0.29, 0.717) is 0 Å². The second-order valence-corrected chi connectivity index (χ2v) is 33.1. The van der Waals surface area contributed by atoms with Crippen molar-refractivity contribution >= 4 is 138 Å². The molecule has 0 fully saturated rings. The number of nitrogens with zero attached hydrogens (tertiary/aromatic N) is 3. The Morgan fingerprint density at radius 1 is 0.351 bits per heavy atom. The topological polar surface area (TPSA) is 22.9 Å². The lowest BCUT2D eigenvalue weighted by molar-refractivity contribution is 0.590. The molecule has 0 saturated heterocycles. The number of furan rings is 1. The van der Waals surface area contributed by atoms with Crippen LogP contribution < -0.4 is 25.5 Å². The van der Waals surface area contributed by atoms with E-state index in [1.807, 2.05) is 22.7 Å². The molecule has 474 valence electrons. The number of hydrogen-bond donors (Lipinski definition) is 0. The second-order valence-electron chi connectivity index (χ2n) is 30.9. The van der Waals surface area contributed by atoms with E-state index in [-0.39, 0.29) is 28.5 Å². The van der Waals surface area contributed by atoms with Gasteiger partial charge in [0.1, 0.15) is 11.2 Å². The first-order chi connectivity index (χ1) is 46.6. The molecule has 15 aromatic rings. The number of hydrogen-bond acceptors (Lipinski definition) is 6. The molecule has 2 aliphatic heterocycles. The Morgan fingerprint density at radius 2 is 0.876 bits per heavy atom. The highest BCUT2D eigenvalue weighted by molar-refractivity contribution is 7.26. The molecular weight excluding hydrogens is 1210 g/mol. The third kappa shape index (κ3) is 10.1. The summed E-state index contributed by atoms with van der Waals surface area (Å²) >= 11 is 3.79. The molecule has 7 heteroatoms. The Labute approximate surface area is 578 Å². The van der Waals surface area contributed by atoms with Crippen LogP contribution in [0.25, 0.3) is 96.0 Å². The predicted octanol–water partition coefficient (Wildman–Crippen LogP) is 25.5. The molecule has 4 nitrogen and oxygen atoms in total. The number of benzene rings is 12. The highest BCUT2D eigenvalue weighted by Gasteiger charge is 2.48. The molecular formula is C90H78BN3OS2. The summed E-state index contributed by atoms with van der Waals surface area (Å²) in [6.07, 6.45) is 0. The molecule has 12 aromatic carbocycles. The fourth-order valence-electron chi connectivity index (χ4n) is 15.2. The van der Waals surface area contributed by atoms with Crippen LogP contribution >= 0.6 is 22.7 Å². The zero-order valence-corrected chi connectivity index (χ0v) is 59.0. The van der Waals surface area contributed by atoms with Gasteiger partial charge in [0.15, 0.2) is 0 Å². The molecule has 2 aliphatic rings. The molecule has 97 heavy (non-hydrogen) atoms. The van der Waals surface area contributed by atoms with E-state index in [0.717, 1.165) is 78.6 Å². The minimum atomic E-state index is -0.302. The van der Waals surface area contributed by atoms with Crippen LogP contribution in [0.1, 0.15) is 105 Å². The van der Waals surface area contributed by atoms with Gasteiger partial charge < -0.3 is 19.0 Å². The normalized spacial score (nSPS) is 13.3. The second kappa shape index (κ2) is 22.3. The van der Waals surface area contributed by atoms with Crippen LogP contribution in [0.2, 0.25) is 0 Å². The third-order valence-electron chi connectivity index (χ3n) is 20.5. The smallest absolute Gasteiger partial charge is 0.333 e. The fourth-order valence-corrected chi connectivity index (χ4v) is 17.6. The van der Waals surface area contributed by atoms with Crippen molar-refractivity contribution < 1.29 is 4.42 Å². The maximum Gasteiger partial charge on any atom is 0.333 e. The molecule has 0 saturated carbocycles. The van der Waals surface area contributed by atoms with Crippen LogP contribution in [0.4, 0.5) is 45.5 Å². The van der Waals surface area contributed by atoms with Crippen molar-refractivity contribution in [2.24, 2.45) is 0 Å².